The third-order valence-corrected chi connectivity index (χ3v) is 9.14. The Bertz CT molecular complexity index is 1340. The molecule has 42 heavy (non-hydrogen) atoms. The van der Waals surface area contributed by atoms with Crippen LogP contribution in [0.25, 0.3) is 0 Å². The molecule has 3 heterocycles. The molecule has 2 aliphatic heterocycles. The molecule has 1 aromatic carbocycles. The van der Waals surface area contributed by atoms with E-state index in [1.165, 1.54) is 18.5 Å². The Balaban J connectivity index is 1.14. The van der Waals surface area contributed by atoms with Crippen molar-refractivity contribution >= 4 is 17.8 Å². The van der Waals surface area contributed by atoms with E-state index in [9.17, 15) is 23.2 Å². The van der Waals surface area contributed by atoms with Crippen molar-refractivity contribution < 1.29 is 32.3 Å². The molecule has 3 aliphatic rings. The number of aryl methyl sites for hydroxylation is 2. The van der Waals surface area contributed by atoms with Crippen LogP contribution >= 0.6 is 0 Å². The SMILES string of the molecule is Cc1ncnc(C)c1C(=O)N1CC2CN(CCCOC(=O)C3(c4ccc(C(N)=O)cc4F)CCC(F)(F)CC3)CC2C1. The van der Waals surface area contributed by atoms with Crippen LogP contribution in [0.15, 0.2) is 24.5 Å². The molecule has 0 bridgehead atoms. The predicted octanol–water partition coefficient (Wildman–Crippen LogP) is 3.42. The number of fused-ring (bicyclic) bond motifs is 1. The van der Waals surface area contributed by atoms with Gasteiger partial charge < -0.3 is 20.3 Å². The number of primary amides is 1. The van der Waals surface area contributed by atoms with Crippen molar-refractivity contribution in [1.29, 1.82) is 0 Å². The normalized spacial score (nSPS) is 23.0. The van der Waals surface area contributed by atoms with Crippen LogP contribution in [0, 0.1) is 31.5 Å². The molecule has 2 N–H and O–H groups in total. The molecule has 2 unspecified atom stereocenters. The van der Waals surface area contributed by atoms with Gasteiger partial charge in [0, 0.05) is 56.7 Å². The summed E-state index contributed by atoms with van der Waals surface area (Å²) >= 11 is 0. The van der Waals surface area contributed by atoms with Gasteiger partial charge in [-0.05, 0) is 57.1 Å². The van der Waals surface area contributed by atoms with Gasteiger partial charge in [0.1, 0.15) is 12.1 Å². The van der Waals surface area contributed by atoms with Gasteiger partial charge in [0.15, 0.2) is 0 Å². The highest BCUT2D eigenvalue weighted by molar-refractivity contribution is 5.96. The van der Waals surface area contributed by atoms with Gasteiger partial charge >= 0.3 is 5.97 Å². The fourth-order valence-corrected chi connectivity index (χ4v) is 6.77. The number of halogens is 3. The van der Waals surface area contributed by atoms with Crippen LogP contribution in [0.1, 0.15) is 69.8 Å². The zero-order valence-electron chi connectivity index (χ0n) is 23.9. The van der Waals surface area contributed by atoms with E-state index >= 15 is 4.39 Å². The molecule has 2 atom stereocenters. The van der Waals surface area contributed by atoms with Crippen LogP contribution in [0.3, 0.4) is 0 Å². The summed E-state index contributed by atoms with van der Waals surface area (Å²) in [6.07, 6.45) is 0.346. The monoisotopic (exact) mass is 587 g/mol. The molecule has 3 fully saturated rings. The number of carbonyl (C=O) groups is 3. The average molecular weight is 588 g/mol. The first-order valence-electron chi connectivity index (χ1n) is 14.3. The third-order valence-electron chi connectivity index (χ3n) is 9.14. The molecule has 2 aromatic rings. The zero-order valence-corrected chi connectivity index (χ0v) is 23.9. The molecule has 2 amide bonds. The van der Waals surface area contributed by atoms with E-state index in [0.29, 0.717) is 54.8 Å². The number of ether oxygens (including phenoxy) is 1. The lowest BCUT2D eigenvalue weighted by Crippen LogP contribution is -2.44. The van der Waals surface area contributed by atoms with Crippen LogP contribution < -0.4 is 5.73 Å². The smallest absolute Gasteiger partial charge is 0.316 e. The second-order valence-electron chi connectivity index (χ2n) is 11.9. The molecule has 1 aromatic heterocycles. The summed E-state index contributed by atoms with van der Waals surface area (Å²) in [5.74, 6) is -4.67. The van der Waals surface area contributed by atoms with E-state index in [1.807, 2.05) is 18.7 Å². The lowest BCUT2D eigenvalue weighted by atomic mass is 9.68. The van der Waals surface area contributed by atoms with Crippen molar-refractivity contribution in [2.75, 3.05) is 39.3 Å². The number of rotatable bonds is 8. The Morgan fingerprint density at radius 1 is 1.00 bits per heavy atom. The first kappa shape index (κ1) is 29.9. The average Bonchev–Trinajstić information content (AvgIpc) is 3.50. The van der Waals surface area contributed by atoms with Crippen molar-refractivity contribution in [2.45, 2.75) is 57.3 Å². The number of amides is 2. The van der Waals surface area contributed by atoms with Crippen molar-refractivity contribution in [3.8, 4) is 0 Å². The number of likely N-dealkylation sites (tertiary alicyclic amines) is 2. The van der Waals surface area contributed by atoms with Crippen molar-refractivity contribution in [3.63, 3.8) is 0 Å². The van der Waals surface area contributed by atoms with E-state index in [4.69, 9.17) is 10.5 Å². The van der Waals surface area contributed by atoms with Crippen LogP contribution in [0.4, 0.5) is 13.2 Å². The summed E-state index contributed by atoms with van der Waals surface area (Å²) in [5.41, 5.74) is 5.49. The fourth-order valence-electron chi connectivity index (χ4n) is 6.77. The summed E-state index contributed by atoms with van der Waals surface area (Å²) in [6, 6.07) is 3.52. The molecule has 1 saturated carbocycles. The number of hydrogen-bond donors (Lipinski definition) is 1. The Kier molecular flexibility index (Phi) is 8.28. The number of alkyl halides is 2. The van der Waals surface area contributed by atoms with Crippen LogP contribution in [0.5, 0.6) is 0 Å². The van der Waals surface area contributed by atoms with Crippen molar-refractivity contribution in [1.82, 2.24) is 19.8 Å². The number of nitrogens with two attached hydrogens (primary N) is 1. The topological polar surface area (TPSA) is 119 Å². The Hall–Kier alpha value is -3.54. The predicted molar refractivity (Wildman–Crippen MR) is 146 cm³/mol. The number of esters is 1. The molecule has 0 spiro atoms. The maximum absolute atomic E-state index is 15.1. The van der Waals surface area contributed by atoms with Crippen molar-refractivity contribution in [2.24, 2.45) is 17.6 Å². The van der Waals surface area contributed by atoms with E-state index < -0.39 is 41.9 Å². The first-order chi connectivity index (χ1) is 19.9. The number of nitrogens with zero attached hydrogens (tertiary/aromatic N) is 4. The maximum Gasteiger partial charge on any atom is 0.316 e. The lowest BCUT2D eigenvalue weighted by molar-refractivity contribution is -0.156. The van der Waals surface area contributed by atoms with Gasteiger partial charge in [0.05, 0.1) is 29.0 Å². The minimum absolute atomic E-state index is 0.0337. The summed E-state index contributed by atoms with van der Waals surface area (Å²) < 4.78 is 48.7. The second kappa shape index (κ2) is 11.6. The molecule has 12 heteroatoms. The van der Waals surface area contributed by atoms with Gasteiger partial charge in [0.25, 0.3) is 5.91 Å². The largest absolute Gasteiger partial charge is 0.465 e. The Labute approximate surface area is 242 Å². The van der Waals surface area contributed by atoms with Gasteiger partial charge in [-0.25, -0.2) is 23.1 Å². The second-order valence-corrected chi connectivity index (χ2v) is 11.9. The summed E-state index contributed by atoms with van der Waals surface area (Å²) in [5, 5.41) is 0. The number of carbonyl (C=O) groups excluding carboxylic acids is 3. The van der Waals surface area contributed by atoms with Gasteiger partial charge in [-0.1, -0.05) is 6.07 Å². The third kappa shape index (κ3) is 5.86. The Morgan fingerprint density at radius 2 is 1.62 bits per heavy atom. The molecular formula is C30H36F3N5O4. The van der Waals surface area contributed by atoms with Crippen LogP contribution in [-0.4, -0.2) is 82.8 Å². The van der Waals surface area contributed by atoms with Gasteiger partial charge in [-0.3, -0.25) is 14.4 Å². The molecule has 0 radical (unpaired) electrons. The van der Waals surface area contributed by atoms with E-state index in [1.54, 1.807) is 0 Å². The van der Waals surface area contributed by atoms with Gasteiger partial charge in [0.2, 0.25) is 11.8 Å². The van der Waals surface area contributed by atoms with Crippen LogP contribution in [-0.2, 0) is 14.9 Å². The molecule has 2 saturated heterocycles. The van der Waals surface area contributed by atoms with Gasteiger partial charge in [-0.2, -0.15) is 0 Å². The lowest BCUT2D eigenvalue weighted by Gasteiger charge is -2.38. The molecule has 226 valence electrons. The number of hydrogen-bond acceptors (Lipinski definition) is 7. The van der Waals surface area contributed by atoms with Gasteiger partial charge in [-0.15, -0.1) is 0 Å². The first-order valence-corrected chi connectivity index (χ1v) is 14.3. The molecule has 9 nitrogen and oxygen atoms in total. The summed E-state index contributed by atoms with van der Waals surface area (Å²) in [7, 11) is 0. The highest BCUT2D eigenvalue weighted by Gasteiger charge is 2.51. The van der Waals surface area contributed by atoms with Crippen LogP contribution in [0.2, 0.25) is 0 Å². The number of benzene rings is 1. The summed E-state index contributed by atoms with van der Waals surface area (Å²) in [4.78, 5) is 50.4. The highest BCUT2D eigenvalue weighted by Crippen LogP contribution is 2.47. The Morgan fingerprint density at radius 3 is 2.19 bits per heavy atom. The molecule has 1 aliphatic carbocycles. The highest BCUT2D eigenvalue weighted by atomic mass is 19.3. The summed E-state index contributed by atoms with van der Waals surface area (Å²) in [6.45, 7) is 7.34. The zero-order chi connectivity index (χ0) is 30.2. The minimum Gasteiger partial charge on any atom is -0.465 e. The standard InChI is InChI=1S/C30H36F3N5O4/c1-18-25(19(2)36-17-35-18)27(40)38-15-21-13-37(14-22(21)16-38)10-3-11-42-28(41)29(6-8-30(32,33)9-7-29)23-5-4-20(26(34)39)12-24(23)31/h4-5,12,17,21-22H,3,6-11,13-16H2,1-2H3,(H2,34,39). The number of aromatic nitrogens is 2. The minimum atomic E-state index is -2.94. The quantitative estimate of drug-likeness (QED) is 0.371. The molecule has 5 rings (SSSR count). The fraction of sp³-hybridized carbons (Fsp3) is 0.567. The van der Waals surface area contributed by atoms with E-state index in [0.717, 1.165) is 19.2 Å². The van der Waals surface area contributed by atoms with Crippen molar-refractivity contribution in [3.05, 3.63) is 58.4 Å². The van der Waals surface area contributed by atoms with E-state index in [2.05, 4.69) is 14.9 Å². The maximum atomic E-state index is 15.1. The molecular weight excluding hydrogens is 551 g/mol. The van der Waals surface area contributed by atoms with E-state index in [-0.39, 0.29) is 36.5 Å².